The van der Waals surface area contributed by atoms with Crippen molar-refractivity contribution in [2.24, 2.45) is 17.8 Å². The van der Waals surface area contributed by atoms with Gasteiger partial charge in [-0.1, -0.05) is 30.5 Å². The van der Waals surface area contributed by atoms with Crippen molar-refractivity contribution >= 4 is 29.5 Å². The molecule has 3 aliphatic rings. The molecule has 0 N–H and O–H groups in total. The molecule has 1 aromatic heterocycles. The van der Waals surface area contributed by atoms with Crippen LogP contribution in [0.15, 0.2) is 12.4 Å². The normalized spacial score (nSPS) is 27.3. The molecule has 0 aromatic carbocycles. The van der Waals surface area contributed by atoms with Crippen molar-refractivity contribution in [1.82, 2.24) is 14.3 Å². The molecule has 2 saturated heterocycles. The number of anilines is 1. The van der Waals surface area contributed by atoms with Crippen LogP contribution in [0.2, 0.25) is 5.02 Å². The van der Waals surface area contributed by atoms with Crippen LogP contribution in [-0.2, 0) is 4.74 Å². The summed E-state index contributed by atoms with van der Waals surface area (Å²) in [6, 6.07) is 0. The molecule has 2 unspecified atom stereocenters. The molecule has 3 fully saturated rings. The van der Waals surface area contributed by atoms with E-state index in [1.807, 2.05) is 11.9 Å². The summed E-state index contributed by atoms with van der Waals surface area (Å²) in [5, 5.41) is 0.604. The molecule has 0 spiro atoms. The average molecular weight is 425 g/mol. The molecular weight excluding hydrogens is 392 g/mol. The SMILES string of the molecule is CCSN1CCC(OCCC2CC2C2CCN(c3ncc(Cl)cn3)CC2)CC1. The minimum absolute atomic E-state index is 0.494. The fraction of sp³-hybridized carbons (Fsp3) is 0.810. The second-order valence-electron chi connectivity index (χ2n) is 8.39. The van der Waals surface area contributed by atoms with E-state index >= 15 is 0 Å². The Kier molecular flexibility index (Phi) is 7.37. The van der Waals surface area contributed by atoms with Gasteiger partial charge in [0.2, 0.25) is 5.95 Å². The van der Waals surface area contributed by atoms with E-state index in [1.165, 1.54) is 57.4 Å². The van der Waals surface area contributed by atoms with Gasteiger partial charge in [-0.25, -0.2) is 9.97 Å². The summed E-state index contributed by atoms with van der Waals surface area (Å²) in [7, 11) is 0. The number of aromatic nitrogens is 2. The molecule has 1 aromatic rings. The third-order valence-electron chi connectivity index (χ3n) is 6.57. The molecule has 28 heavy (non-hydrogen) atoms. The smallest absolute Gasteiger partial charge is 0.225 e. The molecular formula is C21H33ClN4OS. The standard InChI is InChI=1S/C21H33ClN4OS/c1-2-28-26-10-5-19(6-11-26)27-12-7-17-13-20(17)16-3-8-25(9-4-16)21-23-14-18(22)15-24-21/h14-17,19-20H,2-13H2,1H3. The van der Waals surface area contributed by atoms with Gasteiger partial charge in [0.05, 0.1) is 23.5 Å². The van der Waals surface area contributed by atoms with Crippen LogP contribution in [0.5, 0.6) is 0 Å². The maximum Gasteiger partial charge on any atom is 0.225 e. The summed E-state index contributed by atoms with van der Waals surface area (Å²) in [6.07, 6.45) is 11.5. The number of halogens is 1. The first kappa shape index (κ1) is 20.7. The van der Waals surface area contributed by atoms with Crippen molar-refractivity contribution in [3.8, 4) is 0 Å². The maximum absolute atomic E-state index is 6.21. The van der Waals surface area contributed by atoms with Gasteiger partial charge in [0, 0.05) is 38.5 Å². The van der Waals surface area contributed by atoms with E-state index in [0.717, 1.165) is 43.4 Å². The van der Waals surface area contributed by atoms with Gasteiger partial charge >= 0.3 is 0 Å². The van der Waals surface area contributed by atoms with Crippen molar-refractivity contribution in [3.05, 3.63) is 17.4 Å². The zero-order chi connectivity index (χ0) is 19.3. The molecule has 1 aliphatic carbocycles. The Morgan fingerprint density at radius 2 is 1.82 bits per heavy atom. The Hall–Kier alpha value is -0.560. The van der Waals surface area contributed by atoms with Crippen molar-refractivity contribution in [2.45, 2.75) is 51.6 Å². The van der Waals surface area contributed by atoms with Crippen molar-refractivity contribution in [2.75, 3.05) is 43.4 Å². The maximum atomic E-state index is 6.21. The minimum atomic E-state index is 0.494. The highest BCUT2D eigenvalue weighted by Crippen LogP contribution is 2.50. The monoisotopic (exact) mass is 424 g/mol. The molecule has 0 amide bonds. The Morgan fingerprint density at radius 1 is 1.11 bits per heavy atom. The number of hydrogen-bond acceptors (Lipinski definition) is 6. The van der Waals surface area contributed by atoms with Crippen LogP contribution in [-0.4, -0.2) is 58.9 Å². The Labute approximate surface area is 178 Å². The van der Waals surface area contributed by atoms with E-state index in [0.29, 0.717) is 11.1 Å². The van der Waals surface area contributed by atoms with Gasteiger partial charge in [0.1, 0.15) is 0 Å². The molecule has 156 valence electrons. The second-order valence-corrected chi connectivity index (χ2v) is 10.2. The van der Waals surface area contributed by atoms with Crippen LogP contribution in [0.1, 0.15) is 45.4 Å². The zero-order valence-corrected chi connectivity index (χ0v) is 18.5. The van der Waals surface area contributed by atoms with Crippen LogP contribution in [0.3, 0.4) is 0 Å². The van der Waals surface area contributed by atoms with Gasteiger partial charge in [-0.3, -0.25) is 4.31 Å². The fourth-order valence-electron chi connectivity index (χ4n) is 4.87. The third-order valence-corrected chi connectivity index (χ3v) is 7.75. The fourth-order valence-corrected chi connectivity index (χ4v) is 5.80. The topological polar surface area (TPSA) is 41.5 Å². The summed E-state index contributed by atoms with van der Waals surface area (Å²) in [5.74, 6) is 4.72. The van der Waals surface area contributed by atoms with Crippen molar-refractivity contribution in [3.63, 3.8) is 0 Å². The molecule has 0 radical (unpaired) electrons. The quantitative estimate of drug-likeness (QED) is 0.571. The lowest BCUT2D eigenvalue weighted by molar-refractivity contribution is 0.0187. The first-order valence-electron chi connectivity index (χ1n) is 10.9. The Morgan fingerprint density at radius 3 is 2.50 bits per heavy atom. The van der Waals surface area contributed by atoms with Crippen molar-refractivity contribution in [1.29, 1.82) is 0 Å². The number of rotatable bonds is 8. The molecule has 0 bridgehead atoms. The second kappa shape index (κ2) is 9.96. The molecule has 1 saturated carbocycles. The van der Waals surface area contributed by atoms with E-state index in [2.05, 4.69) is 26.1 Å². The summed E-state index contributed by atoms with van der Waals surface area (Å²) >= 11 is 7.86. The molecule has 4 rings (SSSR count). The molecule has 7 heteroatoms. The zero-order valence-electron chi connectivity index (χ0n) is 16.9. The van der Waals surface area contributed by atoms with E-state index in [-0.39, 0.29) is 0 Å². The first-order chi connectivity index (χ1) is 13.7. The number of nitrogens with zero attached hydrogens (tertiary/aromatic N) is 4. The largest absolute Gasteiger partial charge is 0.378 e. The van der Waals surface area contributed by atoms with E-state index < -0.39 is 0 Å². The lowest BCUT2D eigenvalue weighted by atomic mass is 9.90. The van der Waals surface area contributed by atoms with Crippen LogP contribution in [0, 0.1) is 17.8 Å². The minimum Gasteiger partial charge on any atom is -0.378 e. The van der Waals surface area contributed by atoms with E-state index in [4.69, 9.17) is 16.3 Å². The number of ether oxygens (including phenoxy) is 1. The third kappa shape index (κ3) is 5.53. The summed E-state index contributed by atoms with van der Waals surface area (Å²) in [4.78, 5) is 11.0. The predicted octanol–water partition coefficient (Wildman–Crippen LogP) is 4.52. The van der Waals surface area contributed by atoms with Crippen molar-refractivity contribution < 1.29 is 4.74 Å². The highest BCUT2D eigenvalue weighted by atomic mass is 35.5. The molecule has 2 atom stereocenters. The molecule has 2 aliphatic heterocycles. The predicted molar refractivity (Wildman–Crippen MR) is 117 cm³/mol. The Bertz CT molecular complexity index is 603. The van der Waals surface area contributed by atoms with E-state index in [1.54, 1.807) is 12.4 Å². The summed E-state index contributed by atoms with van der Waals surface area (Å²) in [5.41, 5.74) is 0. The summed E-state index contributed by atoms with van der Waals surface area (Å²) < 4.78 is 8.71. The van der Waals surface area contributed by atoms with Crippen LogP contribution in [0.25, 0.3) is 0 Å². The van der Waals surface area contributed by atoms with Gasteiger partial charge in [0.25, 0.3) is 0 Å². The summed E-state index contributed by atoms with van der Waals surface area (Å²) in [6.45, 7) is 7.70. The number of hydrogen-bond donors (Lipinski definition) is 0. The Balaban J connectivity index is 1.10. The van der Waals surface area contributed by atoms with E-state index in [9.17, 15) is 0 Å². The van der Waals surface area contributed by atoms with Gasteiger partial charge < -0.3 is 9.64 Å². The van der Waals surface area contributed by atoms with Crippen LogP contribution >= 0.6 is 23.5 Å². The molecule has 3 heterocycles. The molecule has 5 nitrogen and oxygen atoms in total. The van der Waals surface area contributed by atoms with Crippen LogP contribution < -0.4 is 4.90 Å². The number of piperidine rings is 2. The first-order valence-corrected chi connectivity index (χ1v) is 12.3. The highest BCUT2D eigenvalue weighted by Gasteiger charge is 2.43. The average Bonchev–Trinajstić information content (AvgIpc) is 3.50. The van der Waals surface area contributed by atoms with Crippen LogP contribution in [0.4, 0.5) is 5.95 Å². The lowest BCUT2D eigenvalue weighted by Crippen LogP contribution is -2.35. The van der Waals surface area contributed by atoms with Gasteiger partial charge in [-0.05, 0) is 56.3 Å². The van der Waals surface area contributed by atoms with Gasteiger partial charge in [-0.2, -0.15) is 0 Å². The van der Waals surface area contributed by atoms with Gasteiger partial charge in [-0.15, -0.1) is 0 Å². The van der Waals surface area contributed by atoms with Gasteiger partial charge in [0.15, 0.2) is 0 Å². The highest BCUT2D eigenvalue weighted by molar-refractivity contribution is 7.96. The lowest BCUT2D eigenvalue weighted by Gasteiger charge is -2.32.